The smallest absolute Gasteiger partial charge is 0.229 e. The summed E-state index contributed by atoms with van der Waals surface area (Å²) in [7, 11) is 1.70. The molecule has 1 aliphatic heterocycles. The van der Waals surface area contributed by atoms with Crippen LogP contribution in [0.25, 0.3) is 16.8 Å². The van der Waals surface area contributed by atoms with Crippen molar-refractivity contribution in [1.29, 1.82) is 5.26 Å². The van der Waals surface area contributed by atoms with Gasteiger partial charge in [-0.25, -0.2) is 13.8 Å². The van der Waals surface area contributed by atoms with Gasteiger partial charge in [0, 0.05) is 32.6 Å². The molecule has 2 fully saturated rings. The Labute approximate surface area is 242 Å². The fraction of sp³-hybridized carbons (Fsp3) is 0.419. The highest BCUT2D eigenvalue weighted by atomic mass is 19.1. The third kappa shape index (κ3) is 5.00. The number of nitriles is 1. The van der Waals surface area contributed by atoms with Crippen LogP contribution in [0, 0.1) is 28.9 Å². The molecule has 1 saturated carbocycles. The fourth-order valence-electron chi connectivity index (χ4n) is 6.59. The number of hydrogen-bond donors (Lipinski definition) is 2. The molecule has 0 spiro atoms. The van der Waals surface area contributed by atoms with Crippen molar-refractivity contribution in [2.75, 3.05) is 25.6 Å². The van der Waals surface area contributed by atoms with E-state index in [9.17, 15) is 5.26 Å². The van der Waals surface area contributed by atoms with Gasteiger partial charge in [0.15, 0.2) is 0 Å². The van der Waals surface area contributed by atoms with Crippen LogP contribution in [0.5, 0.6) is 0 Å². The second-order valence-electron chi connectivity index (χ2n) is 11.4. The maximum absolute atomic E-state index is 15.5. The SMILES string of the molecule is COC1C(C)CC(c2ccncc2Nc2ncc3ccc(-c4c(F)cc(C5(C#N)CCOCC5)cc4F)nn23)CC1N. The minimum atomic E-state index is -0.983. The quantitative estimate of drug-likeness (QED) is 0.321. The number of hydrogen-bond acceptors (Lipinski definition) is 8. The van der Waals surface area contributed by atoms with E-state index in [2.05, 4.69) is 33.4 Å². The van der Waals surface area contributed by atoms with Crippen molar-refractivity contribution < 1.29 is 18.3 Å². The zero-order chi connectivity index (χ0) is 29.4. The molecule has 4 unspecified atom stereocenters. The average molecular weight is 574 g/mol. The van der Waals surface area contributed by atoms with E-state index in [1.54, 1.807) is 37.8 Å². The Hall–Kier alpha value is -3.98. The van der Waals surface area contributed by atoms with Gasteiger partial charge in [-0.1, -0.05) is 6.92 Å². The van der Waals surface area contributed by atoms with Gasteiger partial charge in [-0.2, -0.15) is 14.9 Å². The van der Waals surface area contributed by atoms with E-state index in [1.165, 1.54) is 16.6 Å². The third-order valence-electron chi connectivity index (χ3n) is 8.80. The molecular formula is C31H33F2N7O2. The lowest BCUT2D eigenvalue weighted by atomic mass is 9.74. The molecule has 1 aromatic carbocycles. The van der Waals surface area contributed by atoms with Crippen LogP contribution >= 0.6 is 0 Å². The van der Waals surface area contributed by atoms with Gasteiger partial charge in [-0.05, 0) is 79.0 Å². The molecule has 9 nitrogen and oxygen atoms in total. The third-order valence-corrected chi connectivity index (χ3v) is 8.80. The van der Waals surface area contributed by atoms with Crippen LogP contribution in [0.4, 0.5) is 20.4 Å². The van der Waals surface area contributed by atoms with Crippen molar-refractivity contribution in [2.45, 2.75) is 56.1 Å². The highest BCUT2D eigenvalue weighted by Crippen LogP contribution is 2.40. The van der Waals surface area contributed by atoms with Crippen LogP contribution in [0.15, 0.2) is 48.9 Å². The van der Waals surface area contributed by atoms with Crippen molar-refractivity contribution in [3.05, 3.63) is 71.7 Å². The Morgan fingerprint density at radius 3 is 2.60 bits per heavy atom. The first-order chi connectivity index (χ1) is 20.3. The summed E-state index contributed by atoms with van der Waals surface area (Å²) in [6.45, 7) is 2.88. The summed E-state index contributed by atoms with van der Waals surface area (Å²) < 4.78 is 43.6. The lowest BCUT2D eigenvalue weighted by molar-refractivity contribution is 0.00984. The predicted molar refractivity (Wildman–Crippen MR) is 153 cm³/mol. The number of aromatic nitrogens is 4. The lowest BCUT2D eigenvalue weighted by Crippen LogP contribution is -2.45. The van der Waals surface area contributed by atoms with Crippen LogP contribution in [-0.2, 0) is 14.9 Å². The molecule has 6 rings (SSSR count). The number of benzene rings is 1. The summed E-state index contributed by atoms with van der Waals surface area (Å²) in [5, 5.41) is 17.8. The van der Waals surface area contributed by atoms with Crippen molar-refractivity contribution in [1.82, 2.24) is 19.6 Å². The number of nitrogens with zero attached hydrogens (tertiary/aromatic N) is 5. The second-order valence-corrected chi connectivity index (χ2v) is 11.4. The van der Waals surface area contributed by atoms with Gasteiger partial charge in [-0.15, -0.1) is 0 Å². The second kappa shape index (κ2) is 11.4. The summed E-state index contributed by atoms with van der Waals surface area (Å²) in [6.07, 6.45) is 7.56. The van der Waals surface area contributed by atoms with E-state index in [1.807, 2.05) is 6.07 Å². The first-order valence-corrected chi connectivity index (χ1v) is 14.2. The average Bonchev–Trinajstić information content (AvgIpc) is 3.39. The molecule has 11 heteroatoms. The number of rotatable bonds is 6. The number of anilines is 2. The molecule has 1 aliphatic carbocycles. The predicted octanol–water partition coefficient (Wildman–Crippen LogP) is 5.24. The highest BCUT2D eigenvalue weighted by Gasteiger charge is 2.37. The molecule has 3 N–H and O–H groups in total. The van der Waals surface area contributed by atoms with E-state index in [0.717, 1.165) is 24.1 Å². The van der Waals surface area contributed by atoms with Crippen LogP contribution in [-0.4, -0.2) is 52.1 Å². The molecule has 42 heavy (non-hydrogen) atoms. The van der Waals surface area contributed by atoms with Gasteiger partial charge in [0.2, 0.25) is 5.95 Å². The summed E-state index contributed by atoms with van der Waals surface area (Å²) in [5.74, 6) is -0.701. The number of methoxy groups -OCH3 is 1. The van der Waals surface area contributed by atoms with Gasteiger partial charge < -0.3 is 20.5 Å². The lowest BCUT2D eigenvalue weighted by Gasteiger charge is -2.38. The summed E-state index contributed by atoms with van der Waals surface area (Å²) >= 11 is 0. The molecule has 4 heterocycles. The van der Waals surface area contributed by atoms with Gasteiger partial charge >= 0.3 is 0 Å². The molecular weight excluding hydrogens is 540 g/mol. The Morgan fingerprint density at radius 2 is 1.90 bits per heavy atom. The van der Waals surface area contributed by atoms with E-state index in [-0.39, 0.29) is 35.2 Å². The Bertz CT molecular complexity index is 1610. The van der Waals surface area contributed by atoms with Gasteiger partial charge in [0.05, 0.1) is 52.4 Å². The first kappa shape index (κ1) is 28.2. The topological polar surface area (TPSA) is 123 Å². The first-order valence-electron chi connectivity index (χ1n) is 14.2. The zero-order valence-electron chi connectivity index (χ0n) is 23.6. The molecule has 4 aromatic rings. The number of nitrogens with one attached hydrogen (secondary N) is 1. The van der Waals surface area contributed by atoms with E-state index >= 15 is 8.78 Å². The maximum atomic E-state index is 15.5. The molecule has 0 amide bonds. The Morgan fingerprint density at radius 1 is 1.14 bits per heavy atom. The van der Waals surface area contributed by atoms with Crippen molar-refractivity contribution in [3.8, 4) is 17.3 Å². The van der Waals surface area contributed by atoms with Crippen molar-refractivity contribution in [3.63, 3.8) is 0 Å². The fourth-order valence-corrected chi connectivity index (χ4v) is 6.59. The monoisotopic (exact) mass is 573 g/mol. The normalized spacial score (nSPS) is 23.9. The molecule has 4 atom stereocenters. The Balaban J connectivity index is 1.32. The molecule has 2 aliphatic rings. The summed E-state index contributed by atoms with van der Waals surface area (Å²) in [6, 6.07) is 9.92. The molecule has 0 bridgehead atoms. The van der Waals surface area contributed by atoms with E-state index < -0.39 is 17.0 Å². The van der Waals surface area contributed by atoms with E-state index in [0.29, 0.717) is 43.1 Å². The molecule has 3 aromatic heterocycles. The summed E-state index contributed by atoms with van der Waals surface area (Å²) in [5.41, 5.74) is 8.10. The van der Waals surface area contributed by atoms with Crippen LogP contribution in [0.1, 0.15) is 49.7 Å². The van der Waals surface area contributed by atoms with E-state index in [4.69, 9.17) is 15.2 Å². The van der Waals surface area contributed by atoms with Crippen molar-refractivity contribution in [2.24, 2.45) is 11.7 Å². The van der Waals surface area contributed by atoms with Crippen LogP contribution < -0.4 is 11.1 Å². The number of pyridine rings is 1. The molecule has 218 valence electrons. The number of halogens is 2. The maximum Gasteiger partial charge on any atom is 0.229 e. The van der Waals surface area contributed by atoms with Gasteiger partial charge in [-0.3, -0.25) is 4.98 Å². The number of imidazole rings is 1. The van der Waals surface area contributed by atoms with Gasteiger partial charge in [0.25, 0.3) is 0 Å². The molecule has 1 saturated heterocycles. The minimum absolute atomic E-state index is 0.00957. The largest absolute Gasteiger partial charge is 0.381 e. The number of ether oxygens (including phenoxy) is 2. The van der Waals surface area contributed by atoms with Crippen LogP contribution in [0.3, 0.4) is 0 Å². The summed E-state index contributed by atoms with van der Waals surface area (Å²) in [4.78, 5) is 8.80. The minimum Gasteiger partial charge on any atom is -0.381 e. The number of fused-ring (bicyclic) bond motifs is 1. The van der Waals surface area contributed by atoms with Crippen molar-refractivity contribution >= 4 is 17.2 Å². The number of nitrogens with two attached hydrogens (primary N) is 1. The zero-order valence-corrected chi connectivity index (χ0v) is 23.6. The standard InChI is InChI=1S/C31H33F2N7O2/c1-18-11-19(12-25(35)29(18)41-2)22-5-8-36-16-27(22)38-30-37-15-21-3-4-26(39-40(21)30)28-23(32)13-20(14-24(28)33)31(17-34)6-9-42-10-7-31/h3-5,8,13-16,18-19,25,29H,6-7,9-12,35H2,1-2H3,(H,37,38). The Kier molecular flexibility index (Phi) is 7.62. The van der Waals surface area contributed by atoms with Gasteiger partial charge in [0.1, 0.15) is 11.6 Å². The molecule has 0 radical (unpaired) electrons. The highest BCUT2D eigenvalue weighted by molar-refractivity contribution is 5.66. The van der Waals surface area contributed by atoms with Crippen LogP contribution in [0.2, 0.25) is 0 Å².